The van der Waals surface area contributed by atoms with Crippen LogP contribution >= 0.6 is 0 Å². The van der Waals surface area contributed by atoms with Crippen molar-refractivity contribution >= 4 is 23.6 Å². The monoisotopic (exact) mass is 281 g/mol. The lowest BCUT2D eigenvalue weighted by molar-refractivity contribution is -0.119. The summed E-state index contributed by atoms with van der Waals surface area (Å²) in [5.41, 5.74) is 4.94. The molecule has 0 saturated carbocycles. The van der Waals surface area contributed by atoms with Crippen molar-refractivity contribution < 1.29 is 24.2 Å². The Labute approximate surface area is 114 Å². The molecular weight excluding hydrogens is 266 g/mol. The highest BCUT2D eigenvalue weighted by Gasteiger charge is 2.16. The number of nitrogens with two attached hydrogens (primary N) is 1. The van der Waals surface area contributed by atoms with Gasteiger partial charge in [0.2, 0.25) is 5.91 Å². The third-order valence-corrected chi connectivity index (χ3v) is 2.48. The number of aromatic carboxylic acids is 1. The first-order chi connectivity index (χ1) is 9.35. The first kappa shape index (κ1) is 15.3. The van der Waals surface area contributed by atoms with Crippen molar-refractivity contribution in [3.63, 3.8) is 0 Å². The number of benzene rings is 1. The van der Waals surface area contributed by atoms with E-state index in [1.165, 1.54) is 32.2 Å². The van der Waals surface area contributed by atoms with Crippen molar-refractivity contribution in [2.45, 2.75) is 13.0 Å². The minimum absolute atomic E-state index is 0.0764. The van der Waals surface area contributed by atoms with Gasteiger partial charge >= 0.3 is 12.0 Å². The van der Waals surface area contributed by atoms with E-state index < -0.39 is 23.9 Å². The zero-order valence-electron chi connectivity index (χ0n) is 11.0. The molecule has 3 amide bonds. The van der Waals surface area contributed by atoms with Gasteiger partial charge in [0.25, 0.3) is 0 Å². The Bertz CT molecular complexity index is 544. The van der Waals surface area contributed by atoms with Crippen molar-refractivity contribution in [2.75, 3.05) is 12.4 Å². The number of ether oxygens (including phenoxy) is 1. The molecule has 0 fully saturated rings. The molecule has 0 heterocycles. The van der Waals surface area contributed by atoms with Gasteiger partial charge in [-0.25, -0.2) is 9.59 Å². The van der Waals surface area contributed by atoms with E-state index in [-0.39, 0.29) is 11.3 Å². The first-order valence-electron chi connectivity index (χ1n) is 5.63. The normalized spacial score (nSPS) is 11.3. The molecule has 0 aliphatic rings. The number of rotatable bonds is 5. The third kappa shape index (κ3) is 3.87. The number of carboxylic acids is 1. The zero-order chi connectivity index (χ0) is 15.3. The van der Waals surface area contributed by atoms with E-state index in [1.54, 1.807) is 0 Å². The molecule has 1 atom stereocenters. The molecule has 1 aromatic rings. The Morgan fingerprint density at radius 1 is 1.35 bits per heavy atom. The Balaban J connectivity index is 2.89. The lowest BCUT2D eigenvalue weighted by Gasteiger charge is -2.13. The van der Waals surface area contributed by atoms with Crippen molar-refractivity contribution in [1.82, 2.24) is 5.32 Å². The summed E-state index contributed by atoms with van der Waals surface area (Å²) in [5.74, 6) is -1.57. The van der Waals surface area contributed by atoms with Crippen LogP contribution in [-0.2, 0) is 4.79 Å². The van der Waals surface area contributed by atoms with E-state index in [9.17, 15) is 14.4 Å². The summed E-state index contributed by atoms with van der Waals surface area (Å²) in [7, 11) is 1.40. The first-order valence-corrected chi connectivity index (χ1v) is 5.63. The van der Waals surface area contributed by atoms with Crippen molar-refractivity contribution in [3.8, 4) is 5.75 Å². The van der Waals surface area contributed by atoms with E-state index in [1.807, 2.05) is 0 Å². The fraction of sp³-hybridized carbons (Fsp3) is 0.250. The number of carbonyl (C=O) groups is 3. The number of primary amides is 1. The fourth-order valence-corrected chi connectivity index (χ4v) is 1.36. The second kappa shape index (κ2) is 6.41. The number of hydrogen-bond donors (Lipinski definition) is 4. The topological polar surface area (TPSA) is 131 Å². The summed E-state index contributed by atoms with van der Waals surface area (Å²) < 4.78 is 4.91. The van der Waals surface area contributed by atoms with Gasteiger partial charge in [-0.05, 0) is 25.1 Å². The van der Waals surface area contributed by atoms with Crippen LogP contribution in [0.1, 0.15) is 17.3 Å². The van der Waals surface area contributed by atoms with Gasteiger partial charge in [0.05, 0.1) is 18.4 Å². The maximum absolute atomic E-state index is 11.6. The molecule has 20 heavy (non-hydrogen) atoms. The smallest absolute Gasteiger partial charge is 0.337 e. The van der Waals surface area contributed by atoms with E-state index in [0.717, 1.165) is 0 Å². The Morgan fingerprint density at radius 3 is 2.50 bits per heavy atom. The van der Waals surface area contributed by atoms with E-state index in [4.69, 9.17) is 15.6 Å². The second-order valence-electron chi connectivity index (χ2n) is 3.94. The lowest BCUT2D eigenvalue weighted by atomic mass is 10.1. The van der Waals surface area contributed by atoms with Gasteiger partial charge in [-0.15, -0.1) is 0 Å². The highest BCUT2D eigenvalue weighted by atomic mass is 16.5. The summed E-state index contributed by atoms with van der Waals surface area (Å²) in [6, 6.07) is 2.55. The SMILES string of the molecule is COc1ccc(NC(=O)NC(C)C(N)=O)c(C(=O)O)c1. The minimum Gasteiger partial charge on any atom is -0.497 e. The third-order valence-electron chi connectivity index (χ3n) is 2.48. The summed E-state index contributed by atoms with van der Waals surface area (Å²) in [5, 5.41) is 13.7. The predicted octanol–water partition coefficient (Wildman–Crippen LogP) is 0.389. The van der Waals surface area contributed by atoms with Crippen molar-refractivity contribution in [2.24, 2.45) is 5.73 Å². The van der Waals surface area contributed by atoms with Crippen LogP contribution in [0.5, 0.6) is 5.75 Å². The molecule has 8 heteroatoms. The van der Waals surface area contributed by atoms with E-state index in [2.05, 4.69) is 10.6 Å². The highest BCUT2D eigenvalue weighted by Crippen LogP contribution is 2.22. The van der Waals surface area contributed by atoms with Gasteiger partial charge in [0.1, 0.15) is 11.8 Å². The summed E-state index contributed by atoms with van der Waals surface area (Å²) in [4.78, 5) is 33.5. The molecule has 8 nitrogen and oxygen atoms in total. The van der Waals surface area contributed by atoms with Gasteiger partial charge in [-0.2, -0.15) is 0 Å². The maximum atomic E-state index is 11.6. The molecule has 0 aliphatic heterocycles. The van der Waals surface area contributed by atoms with Gasteiger partial charge in [0, 0.05) is 0 Å². The molecule has 1 unspecified atom stereocenters. The van der Waals surface area contributed by atoms with Gasteiger partial charge in [0.15, 0.2) is 0 Å². The summed E-state index contributed by atoms with van der Waals surface area (Å²) in [6.07, 6.45) is 0. The molecule has 0 aliphatic carbocycles. The highest BCUT2D eigenvalue weighted by molar-refractivity contribution is 6.01. The molecule has 0 bridgehead atoms. The number of carboxylic acid groups (broad SMARTS) is 1. The van der Waals surface area contributed by atoms with Crippen molar-refractivity contribution in [3.05, 3.63) is 23.8 Å². The van der Waals surface area contributed by atoms with E-state index in [0.29, 0.717) is 5.75 Å². The Kier molecular flexibility index (Phi) is 4.90. The molecule has 5 N–H and O–H groups in total. The zero-order valence-corrected chi connectivity index (χ0v) is 11.0. The Hall–Kier alpha value is -2.77. The van der Waals surface area contributed by atoms with Crippen LogP contribution in [-0.4, -0.2) is 36.2 Å². The number of urea groups is 1. The maximum Gasteiger partial charge on any atom is 0.337 e. The van der Waals surface area contributed by atoms with Crippen LogP contribution in [0.25, 0.3) is 0 Å². The minimum atomic E-state index is -1.22. The fourth-order valence-electron chi connectivity index (χ4n) is 1.36. The van der Waals surface area contributed by atoms with Crippen LogP contribution in [0.3, 0.4) is 0 Å². The average molecular weight is 281 g/mol. The van der Waals surface area contributed by atoms with Crippen LogP contribution in [0.4, 0.5) is 10.5 Å². The number of nitrogens with one attached hydrogen (secondary N) is 2. The standard InChI is InChI=1S/C12H15N3O5/c1-6(10(13)16)14-12(19)15-9-4-3-7(20-2)5-8(9)11(17)18/h3-6H,1-2H3,(H2,13,16)(H,17,18)(H2,14,15,19). The number of carbonyl (C=O) groups excluding carboxylic acids is 2. The number of methoxy groups -OCH3 is 1. The van der Waals surface area contributed by atoms with Crippen molar-refractivity contribution in [1.29, 1.82) is 0 Å². The average Bonchev–Trinajstić information content (AvgIpc) is 2.38. The Morgan fingerprint density at radius 2 is 2.00 bits per heavy atom. The molecular formula is C12H15N3O5. The quantitative estimate of drug-likeness (QED) is 0.620. The molecule has 0 spiro atoms. The number of anilines is 1. The lowest BCUT2D eigenvalue weighted by Crippen LogP contribution is -2.44. The summed E-state index contributed by atoms with van der Waals surface area (Å²) in [6.45, 7) is 1.41. The van der Waals surface area contributed by atoms with Crippen LogP contribution in [0.15, 0.2) is 18.2 Å². The predicted molar refractivity (Wildman–Crippen MR) is 70.8 cm³/mol. The molecule has 0 aromatic heterocycles. The molecule has 0 saturated heterocycles. The second-order valence-corrected chi connectivity index (χ2v) is 3.94. The van der Waals surface area contributed by atoms with Gasteiger partial charge < -0.3 is 26.2 Å². The molecule has 0 radical (unpaired) electrons. The largest absolute Gasteiger partial charge is 0.497 e. The van der Waals surface area contributed by atoms with Gasteiger partial charge in [-0.1, -0.05) is 0 Å². The summed E-state index contributed by atoms with van der Waals surface area (Å²) >= 11 is 0. The number of hydrogen-bond acceptors (Lipinski definition) is 4. The molecule has 1 rings (SSSR count). The number of amides is 3. The molecule has 108 valence electrons. The van der Waals surface area contributed by atoms with Crippen LogP contribution < -0.4 is 21.1 Å². The van der Waals surface area contributed by atoms with Crippen LogP contribution in [0, 0.1) is 0 Å². The van der Waals surface area contributed by atoms with Gasteiger partial charge in [-0.3, -0.25) is 4.79 Å². The van der Waals surface area contributed by atoms with E-state index >= 15 is 0 Å². The molecule has 1 aromatic carbocycles. The van der Waals surface area contributed by atoms with Crippen LogP contribution in [0.2, 0.25) is 0 Å².